The topological polar surface area (TPSA) is 12.5 Å². The number of ether oxygens (including phenoxy) is 1. The molecule has 0 fully saturated rings. The highest BCUT2D eigenvalue weighted by atomic mass is 35.5. The Labute approximate surface area is 138 Å². The highest BCUT2D eigenvalue weighted by Gasteiger charge is 2.29. The Kier molecular flexibility index (Phi) is 6.53. The van der Waals surface area contributed by atoms with Gasteiger partial charge in [0, 0.05) is 11.1 Å². The van der Waals surface area contributed by atoms with E-state index in [0.717, 1.165) is 24.6 Å². The van der Waals surface area contributed by atoms with Crippen LogP contribution in [0.4, 0.5) is 0 Å². The van der Waals surface area contributed by atoms with Gasteiger partial charge in [-0.05, 0) is 25.2 Å². The van der Waals surface area contributed by atoms with Crippen molar-refractivity contribution in [3.63, 3.8) is 0 Å². The maximum Gasteiger partial charge on any atom is 0.132 e. The van der Waals surface area contributed by atoms with E-state index in [2.05, 4.69) is 55.1 Å². The molecule has 0 saturated carbocycles. The second-order valence-electron chi connectivity index (χ2n) is 4.80. The lowest BCUT2D eigenvalue weighted by atomic mass is 9.93. The molecule has 0 unspecified atom stereocenters. The summed E-state index contributed by atoms with van der Waals surface area (Å²) in [4.78, 5) is 2.47. The van der Waals surface area contributed by atoms with Crippen molar-refractivity contribution < 1.29 is 4.74 Å². The van der Waals surface area contributed by atoms with Crippen molar-refractivity contribution in [2.24, 2.45) is 0 Å². The average molecular weight is 326 g/mol. The van der Waals surface area contributed by atoms with E-state index in [1.54, 1.807) is 0 Å². The van der Waals surface area contributed by atoms with E-state index in [-0.39, 0.29) is 24.8 Å². The quantitative estimate of drug-likeness (QED) is 0.781. The van der Waals surface area contributed by atoms with Crippen LogP contribution in [0.2, 0.25) is 0 Å². The van der Waals surface area contributed by atoms with Crippen molar-refractivity contribution in [1.29, 1.82) is 0 Å². The fourth-order valence-electron chi connectivity index (χ4n) is 2.87. The van der Waals surface area contributed by atoms with E-state index in [1.165, 1.54) is 11.1 Å². The molecule has 1 aliphatic rings. The first-order chi connectivity index (χ1) is 9.35. The highest BCUT2D eigenvalue weighted by Crippen LogP contribution is 2.45. The normalized spacial score (nSPS) is 12.5. The Balaban J connectivity index is 0.00000110. The number of nitrogens with zero attached hydrogens (tertiary/aromatic N) is 1. The predicted octanol–water partition coefficient (Wildman–Crippen LogP) is 5.07. The maximum atomic E-state index is 6.02. The Morgan fingerprint density at radius 3 is 1.67 bits per heavy atom. The van der Waals surface area contributed by atoms with Crippen molar-refractivity contribution in [2.45, 2.75) is 19.9 Å². The van der Waals surface area contributed by atoms with Crippen LogP contribution < -0.4 is 4.74 Å². The summed E-state index contributed by atoms with van der Waals surface area (Å²) in [7, 11) is 0. The Morgan fingerprint density at radius 2 is 1.24 bits per heavy atom. The van der Waals surface area contributed by atoms with Crippen LogP contribution >= 0.6 is 24.8 Å². The molecule has 0 saturated heterocycles. The minimum absolute atomic E-state index is 0. The van der Waals surface area contributed by atoms with Crippen LogP contribution in [0.25, 0.3) is 0 Å². The van der Waals surface area contributed by atoms with Crippen molar-refractivity contribution in [2.75, 3.05) is 13.1 Å². The molecule has 114 valence electrons. The van der Waals surface area contributed by atoms with Crippen LogP contribution in [0.1, 0.15) is 31.0 Å². The van der Waals surface area contributed by atoms with E-state index >= 15 is 0 Å². The molecular weight excluding hydrogens is 305 g/mol. The van der Waals surface area contributed by atoms with Gasteiger partial charge in [0.1, 0.15) is 11.5 Å². The van der Waals surface area contributed by atoms with Gasteiger partial charge in [-0.1, -0.05) is 50.2 Å². The summed E-state index contributed by atoms with van der Waals surface area (Å²) in [6.45, 7) is 6.49. The average Bonchev–Trinajstić information content (AvgIpc) is 2.47. The fourth-order valence-corrected chi connectivity index (χ4v) is 2.87. The summed E-state index contributed by atoms with van der Waals surface area (Å²) >= 11 is 0. The molecule has 0 amide bonds. The van der Waals surface area contributed by atoms with Crippen molar-refractivity contribution >= 4 is 24.8 Å². The van der Waals surface area contributed by atoms with Crippen LogP contribution in [0.3, 0.4) is 0 Å². The second-order valence-corrected chi connectivity index (χ2v) is 4.80. The van der Waals surface area contributed by atoms with Crippen molar-refractivity contribution in [3.05, 3.63) is 59.7 Å². The van der Waals surface area contributed by atoms with Gasteiger partial charge in [-0.3, -0.25) is 4.90 Å². The smallest absolute Gasteiger partial charge is 0.132 e. The summed E-state index contributed by atoms with van der Waals surface area (Å²) in [6.07, 6.45) is 0. The molecular formula is C17H21Cl2NO. The van der Waals surface area contributed by atoms with Gasteiger partial charge in [0.2, 0.25) is 0 Å². The molecule has 0 bridgehead atoms. The number of halogens is 2. The van der Waals surface area contributed by atoms with E-state index in [0.29, 0.717) is 6.04 Å². The van der Waals surface area contributed by atoms with Gasteiger partial charge in [-0.25, -0.2) is 0 Å². The predicted molar refractivity (Wildman–Crippen MR) is 92.2 cm³/mol. The number of fused-ring (bicyclic) bond motifs is 2. The van der Waals surface area contributed by atoms with Gasteiger partial charge in [0.05, 0.1) is 6.04 Å². The maximum absolute atomic E-state index is 6.02. The summed E-state index contributed by atoms with van der Waals surface area (Å²) in [5.74, 6) is 1.97. The third-order valence-electron chi connectivity index (χ3n) is 3.82. The minimum atomic E-state index is 0. The fraction of sp³-hybridized carbons (Fsp3) is 0.294. The van der Waals surface area contributed by atoms with E-state index in [4.69, 9.17) is 4.74 Å². The highest BCUT2D eigenvalue weighted by molar-refractivity contribution is 5.85. The lowest BCUT2D eigenvalue weighted by Crippen LogP contribution is -2.31. The minimum Gasteiger partial charge on any atom is -0.457 e. The van der Waals surface area contributed by atoms with Crippen LogP contribution in [0, 0.1) is 0 Å². The lowest BCUT2D eigenvalue weighted by Gasteiger charge is -2.35. The zero-order chi connectivity index (χ0) is 13.2. The molecule has 0 aliphatic carbocycles. The first-order valence-electron chi connectivity index (χ1n) is 6.95. The first-order valence-corrected chi connectivity index (χ1v) is 6.95. The number of rotatable bonds is 3. The third-order valence-corrected chi connectivity index (χ3v) is 3.82. The monoisotopic (exact) mass is 325 g/mol. The van der Waals surface area contributed by atoms with Gasteiger partial charge in [0.25, 0.3) is 0 Å². The largest absolute Gasteiger partial charge is 0.457 e. The summed E-state index contributed by atoms with van der Waals surface area (Å²) in [6, 6.07) is 17.0. The molecule has 21 heavy (non-hydrogen) atoms. The Hall–Kier alpha value is -1.22. The standard InChI is InChI=1S/C17H19NO.2ClH/c1-3-18(4-2)17-13-9-5-7-11-15(13)19-16-12-8-6-10-14(16)17;;/h5-12,17H,3-4H2,1-2H3;2*1H. The van der Waals surface area contributed by atoms with Gasteiger partial charge < -0.3 is 4.74 Å². The number of hydrogen-bond acceptors (Lipinski definition) is 2. The number of hydrogen-bond donors (Lipinski definition) is 0. The zero-order valence-electron chi connectivity index (χ0n) is 12.3. The molecule has 3 rings (SSSR count). The molecule has 2 aromatic rings. The van der Waals surface area contributed by atoms with Crippen molar-refractivity contribution in [3.8, 4) is 11.5 Å². The molecule has 0 aromatic heterocycles. The van der Waals surface area contributed by atoms with Gasteiger partial charge in [0.15, 0.2) is 0 Å². The van der Waals surface area contributed by atoms with Crippen LogP contribution in [0.5, 0.6) is 11.5 Å². The van der Waals surface area contributed by atoms with Crippen LogP contribution in [0.15, 0.2) is 48.5 Å². The van der Waals surface area contributed by atoms with Gasteiger partial charge in [-0.15, -0.1) is 24.8 Å². The molecule has 2 nitrogen and oxygen atoms in total. The lowest BCUT2D eigenvalue weighted by molar-refractivity contribution is 0.235. The summed E-state index contributed by atoms with van der Waals surface area (Å²) in [5.41, 5.74) is 2.54. The Bertz CT molecular complexity index is 539. The second kappa shape index (κ2) is 7.69. The molecule has 0 atom stereocenters. The van der Waals surface area contributed by atoms with E-state index < -0.39 is 0 Å². The molecule has 1 aliphatic heterocycles. The first kappa shape index (κ1) is 17.8. The summed E-state index contributed by atoms with van der Waals surface area (Å²) < 4.78 is 6.02. The third kappa shape index (κ3) is 3.18. The van der Waals surface area contributed by atoms with Crippen molar-refractivity contribution in [1.82, 2.24) is 4.90 Å². The van der Waals surface area contributed by atoms with Gasteiger partial charge in [-0.2, -0.15) is 0 Å². The summed E-state index contributed by atoms with van der Waals surface area (Å²) in [5, 5.41) is 0. The van der Waals surface area contributed by atoms with E-state index in [9.17, 15) is 0 Å². The Morgan fingerprint density at radius 1 is 0.810 bits per heavy atom. The molecule has 0 N–H and O–H groups in total. The molecule has 0 radical (unpaired) electrons. The zero-order valence-corrected chi connectivity index (χ0v) is 13.9. The van der Waals surface area contributed by atoms with Crippen LogP contribution in [-0.4, -0.2) is 18.0 Å². The molecule has 4 heteroatoms. The van der Waals surface area contributed by atoms with E-state index in [1.807, 2.05) is 12.1 Å². The van der Waals surface area contributed by atoms with Crippen LogP contribution in [-0.2, 0) is 0 Å². The number of benzene rings is 2. The number of para-hydroxylation sites is 2. The van der Waals surface area contributed by atoms with Gasteiger partial charge >= 0.3 is 0 Å². The molecule has 0 spiro atoms. The molecule has 2 aromatic carbocycles. The molecule has 1 heterocycles. The SMILES string of the molecule is CCN(CC)C1c2ccccc2Oc2ccccc21.Cl.Cl.